The Bertz CT molecular complexity index is 1350. The van der Waals surface area contributed by atoms with Crippen LogP contribution in [-0.4, -0.2) is 77.7 Å². The van der Waals surface area contributed by atoms with Crippen molar-refractivity contribution in [2.24, 2.45) is 17.8 Å². The number of anilines is 1. The van der Waals surface area contributed by atoms with E-state index in [1.807, 2.05) is 14.0 Å². The van der Waals surface area contributed by atoms with Gasteiger partial charge in [-0.05, 0) is 55.8 Å². The van der Waals surface area contributed by atoms with E-state index in [2.05, 4.69) is 27.6 Å². The number of Topliss-reactive ketones (excluding diaryl/α,β-unsaturated/α-hetero) is 1. The number of benzene rings is 1. The normalized spacial score (nSPS) is 21.1. The molecule has 0 unspecified atom stereocenters. The summed E-state index contributed by atoms with van der Waals surface area (Å²) < 4.78 is 20.6. The van der Waals surface area contributed by atoms with Gasteiger partial charge in [-0.2, -0.15) is 0 Å². The quantitative estimate of drug-likeness (QED) is 0.325. The number of hydrogen-bond donors (Lipinski definition) is 2. The fourth-order valence-corrected chi connectivity index (χ4v) is 6.45. The van der Waals surface area contributed by atoms with E-state index in [1.165, 1.54) is 18.4 Å². The largest absolute Gasteiger partial charge is 0.364 e. The number of rotatable bonds is 12. The van der Waals surface area contributed by atoms with Gasteiger partial charge in [-0.3, -0.25) is 19.2 Å². The van der Waals surface area contributed by atoms with Crippen molar-refractivity contribution >= 4 is 29.2 Å². The predicted molar refractivity (Wildman–Crippen MR) is 169 cm³/mol. The van der Waals surface area contributed by atoms with Crippen LogP contribution in [0.15, 0.2) is 29.0 Å². The predicted octanol–water partition coefficient (Wildman–Crippen LogP) is 4.80. The minimum Gasteiger partial charge on any atom is -0.364 e. The second-order valence-corrected chi connectivity index (χ2v) is 12.8. The van der Waals surface area contributed by atoms with Crippen molar-refractivity contribution in [3.05, 3.63) is 47.1 Å². The number of piperazine rings is 1. The highest BCUT2D eigenvalue weighted by Gasteiger charge is 2.35. The molecule has 1 aliphatic heterocycles. The summed E-state index contributed by atoms with van der Waals surface area (Å²) in [5.74, 6) is -2.27. The van der Waals surface area contributed by atoms with Gasteiger partial charge in [0.2, 0.25) is 17.7 Å². The van der Waals surface area contributed by atoms with E-state index >= 15 is 4.39 Å². The molecule has 1 aliphatic carbocycles. The monoisotopic (exact) mass is 625 g/mol. The summed E-state index contributed by atoms with van der Waals surface area (Å²) in [6, 6.07) is 3.64. The van der Waals surface area contributed by atoms with Crippen LogP contribution < -0.4 is 10.6 Å². The van der Waals surface area contributed by atoms with Crippen LogP contribution >= 0.6 is 0 Å². The van der Waals surface area contributed by atoms with E-state index in [0.29, 0.717) is 42.2 Å². The third-order valence-electron chi connectivity index (χ3n) is 9.65. The lowest BCUT2D eigenvalue weighted by Crippen LogP contribution is -2.55. The molecule has 1 aromatic heterocycles. The van der Waals surface area contributed by atoms with Crippen LogP contribution in [-0.2, 0) is 20.8 Å². The molecule has 45 heavy (non-hydrogen) atoms. The van der Waals surface area contributed by atoms with Crippen molar-refractivity contribution in [1.82, 2.24) is 20.3 Å². The summed E-state index contributed by atoms with van der Waals surface area (Å²) in [6.07, 6.45) is 5.67. The van der Waals surface area contributed by atoms with E-state index in [1.54, 1.807) is 24.8 Å². The maximum Gasteiger partial charge on any atom is 0.245 e. The molecule has 2 heterocycles. The summed E-state index contributed by atoms with van der Waals surface area (Å²) in [7, 11) is 2.00. The number of nitrogens with one attached hydrogen (secondary N) is 2. The first-order chi connectivity index (χ1) is 21.5. The number of aromatic nitrogens is 1. The fraction of sp³-hybridized carbons (Fsp3) is 0.618. The molecule has 3 amide bonds. The molecule has 2 aliphatic rings. The lowest BCUT2D eigenvalue weighted by Gasteiger charge is -2.36. The average Bonchev–Trinajstić information content (AvgIpc) is 3.53. The minimum absolute atomic E-state index is 0.000894. The molecule has 0 radical (unpaired) electrons. The molecule has 2 N–H and O–H groups in total. The zero-order chi connectivity index (χ0) is 32.7. The molecule has 1 saturated heterocycles. The molecule has 0 spiro atoms. The molecular weight excluding hydrogens is 577 g/mol. The van der Waals surface area contributed by atoms with E-state index < -0.39 is 29.6 Å². The van der Waals surface area contributed by atoms with Gasteiger partial charge in [0.15, 0.2) is 5.78 Å². The van der Waals surface area contributed by atoms with Crippen molar-refractivity contribution in [1.29, 1.82) is 0 Å². The van der Waals surface area contributed by atoms with Crippen molar-refractivity contribution in [3.8, 4) is 0 Å². The van der Waals surface area contributed by atoms with Gasteiger partial charge in [0.1, 0.15) is 18.1 Å². The standard InChI is InChI=1S/C34H48FN5O5/c1-6-28-26(20-45-38-28)30(41)19-25(23-10-8-21(3)9-11-23)33(43)36-29-13-12-24(18-27(29)35)22(4)32(37-31(42)7-2)34(44)40-16-14-39(5)15-17-40/h12-13,18,20-23,25,32H,6-11,14-17,19H2,1-5H3,(H,36,43)(H,37,42)/t21?,22-,23?,25-,32+/m0/s1. The van der Waals surface area contributed by atoms with Crippen LogP contribution in [0.4, 0.5) is 10.1 Å². The number of aryl methyl sites for hydroxylation is 1. The second kappa shape index (κ2) is 15.6. The molecule has 2 fully saturated rings. The maximum atomic E-state index is 15.6. The van der Waals surface area contributed by atoms with Crippen LogP contribution in [0.1, 0.15) is 93.8 Å². The number of carbonyl (C=O) groups is 4. The van der Waals surface area contributed by atoms with Crippen molar-refractivity contribution in [3.63, 3.8) is 0 Å². The Kier molecular flexibility index (Phi) is 11.9. The van der Waals surface area contributed by atoms with E-state index in [4.69, 9.17) is 4.52 Å². The Morgan fingerprint density at radius 1 is 1.07 bits per heavy atom. The van der Waals surface area contributed by atoms with Gasteiger partial charge < -0.3 is 25.0 Å². The van der Waals surface area contributed by atoms with E-state index in [0.717, 1.165) is 38.8 Å². The van der Waals surface area contributed by atoms with Gasteiger partial charge in [-0.25, -0.2) is 4.39 Å². The summed E-state index contributed by atoms with van der Waals surface area (Å²) in [5.41, 5.74) is 1.49. The zero-order valence-corrected chi connectivity index (χ0v) is 27.2. The van der Waals surface area contributed by atoms with Gasteiger partial charge in [-0.15, -0.1) is 0 Å². The smallest absolute Gasteiger partial charge is 0.245 e. The Hall–Kier alpha value is -3.60. The van der Waals surface area contributed by atoms with Crippen LogP contribution in [0.5, 0.6) is 0 Å². The van der Waals surface area contributed by atoms with E-state index in [-0.39, 0.29) is 42.0 Å². The molecule has 0 bridgehead atoms. The fourth-order valence-electron chi connectivity index (χ4n) is 6.45. The van der Waals surface area contributed by atoms with Crippen LogP contribution in [0, 0.1) is 23.6 Å². The Morgan fingerprint density at radius 2 is 1.76 bits per heavy atom. The van der Waals surface area contributed by atoms with Crippen LogP contribution in [0.25, 0.3) is 0 Å². The molecular formula is C34H48FN5O5. The minimum atomic E-state index is -0.852. The summed E-state index contributed by atoms with van der Waals surface area (Å²) >= 11 is 0. The number of carbonyl (C=O) groups excluding carboxylic acids is 4. The Morgan fingerprint density at radius 3 is 2.38 bits per heavy atom. The number of nitrogens with zero attached hydrogens (tertiary/aromatic N) is 3. The summed E-state index contributed by atoms with van der Waals surface area (Å²) in [6.45, 7) is 10.2. The number of amides is 3. The number of hydrogen-bond acceptors (Lipinski definition) is 7. The first-order valence-corrected chi connectivity index (χ1v) is 16.4. The highest BCUT2D eigenvalue weighted by atomic mass is 19.1. The zero-order valence-electron chi connectivity index (χ0n) is 27.2. The summed E-state index contributed by atoms with van der Waals surface area (Å²) in [5, 5.41) is 9.52. The lowest BCUT2D eigenvalue weighted by atomic mass is 9.74. The SMILES string of the molecule is CCC(=O)N[C@@H](C(=O)N1CCN(C)CC1)[C@@H](C)c1ccc(NC(=O)[C@@H](CC(=O)c2conc2CC)C2CCC(C)CC2)c(F)c1. The molecule has 11 heteroatoms. The molecule has 1 aromatic carbocycles. The summed E-state index contributed by atoms with van der Waals surface area (Å²) in [4.78, 5) is 56.8. The first-order valence-electron chi connectivity index (χ1n) is 16.4. The molecule has 1 saturated carbocycles. The maximum absolute atomic E-state index is 15.6. The first kappa shape index (κ1) is 34.3. The Balaban J connectivity index is 1.52. The third kappa shape index (κ3) is 8.56. The van der Waals surface area contributed by atoms with Crippen LogP contribution in [0.2, 0.25) is 0 Å². The van der Waals surface area contributed by atoms with Crippen molar-refractivity contribution < 1.29 is 28.1 Å². The molecule has 3 atom stereocenters. The van der Waals surface area contributed by atoms with Crippen molar-refractivity contribution in [2.75, 3.05) is 38.5 Å². The number of halogens is 1. The number of ketones is 1. The molecule has 10 nitrogen and oxygen atoms in total. The Labute approximate surface area is 265 Å². The van der Waals surface area contributed by atoms with Crippen molar-refractivity contribution in [2.45, 2.75) is 84.6 Å². The lowest BCUT2D eigenvalue weighted by molar-refractivity contribution is -0.138. The van der Waals surface area contributed by atoms with Gasteiger partial charge in [0.05, 0.1) is 16.9 Å². The molecule has 2 aromatic rings. The average molecular weight is 626 g/mol. The van der Waals surface area contributed by atoms with Gasteiger partial charge in [-0.1, -0.05) is 51.8 Å². The van der Waals surface area contributed by atoms with Gasteiger partial charge in [0, 0.05) is 50.9 Å². The highest BCUT2D eigenvalue weighted by Crippen LogP contribution is 2.36. The van der Waals surface area contributed by atoms with E-state index in [9.17, 15) is 19.2 Å². The molecule has 246 valence electrons. The topological polar surface area (TPSA) is 125 Å². The third-order valence-corrected chi connectivity index (χ3v) is 9.65. The number of likely N-dealkylation sites (N-methyl/N-ethyl adjacent to an activating group) is 1. The van der Waals surface area contributed by atoms with Gasteiger partial charge >= 0.3 is 0 Å². The highest BCUT2D eigenvalue weighted by molar-refractivity contribution is 6.01. The van der Waals surface area contributed by atoms with Crippen LogP contribution in [0.3, 0.4) is 0 Å². The van der Waals surface area contributed by atoms with Gasteiger partial charge in [0.25, 0.3) is 0 Å². The second-order valence-electron chi connectivity index (χ2n) is 12.8. The molecule has 4 rings (SSSR count).